The van der Waals surface area contributed by atoms with Crippen molar-refractivity contribution in [3.63, 3.8) is 0 Å². The topological polar surface area (TPSA) is 71.4 Å². The first-order chi connectivity index (χ1) is 13.0. The van der Waals surface area contributed by atoms with Crippen molar-refractivity contribution in [2.45, 2.75) is 37.5 Å². The summed E-state index contributed by atoms with van der Waals surface area (Å²) in [6, 6.07) is 7.87. The van der Waals surface area contributed by atoms with Gasteiger partial charge in [-0.05, 0) is 25.8 Å². The third kappa shape index (κ3) is 2.33. The number of carbonyl (C=O) groups is 1. The highest BCUT2D eigenvalue weighted by molar-refractivity contribution is 6.04. The number of fused-ring (bicyclic) bond motifs is 6. The predicted octanol–water partition coefficient (Wildman–Crippen LogP) is 2.15. The fraction of sp³-hybridized carbons (Fsp3) is 0.524. The first kappa shape index (κ1) is 17.0. The lowest BCUT2D eigenvalue weighted by Gasteiger charge is -2.52. The van der Waals surface area contributed by atoms with Crippen molar-refractivity contribution < 1.29 is 19.4 Å². The van der Waals surface area contributed by atoms with Gasteiger partial charge in [0.1, 0.15) is 5.60 Å². The van der Waals surface area contributed by atoms with Crippen LogP contribution in [0.4, 0.5) is 5.69 Å². The van der Waals surface area contributed by atoms with E-state index in [1.54, 1.807) is 6.26 Å². The maximum Gasteiger partial charge on any atom is 0.337 e. The Kier molecular flexibility index (Phi) is 3.71. The molecule has 5 atom stereocenters. The molecule has 0 bridgehead atoms. The second-order valence-corrected chi connectivity index (χ2v) is 8.05. The van der Waals surface area contributed by atoms with Crippen LogP contribution in [0.15, 0.2) is 41.1 Å². The number of hydrogen-bond acceptors (Lipinski definition) is 6. The molecule has 5 rings (SSSR count). The molecule has 1 aromatic rings. The minimum Gasteiger partial charge on any atom is -0.497 e. The molecule has 0 spiro atoms. The van der Waals surface area contributed by atoms with E-state index in [0.29, 0.717) is 12.0 Å². The summed E-state index contributed by atoms with van der Waals surface area (Å²) in [5, 5.41) is 11.5. The van der Waals surface area contributed by atoms with Crippen molar-refractivity contribution >= 4 is 17.4 Å². The van der Waals surface area contributed by atoms with Crippen LogP contribution in [0.3, 0.4) is 0 Å². The van der Waals surface area contributed by atoms with Crippen LogP contribution in [0.25, 0.3) is 0 Å². The summed E-state index contributed by atoms with van der Waals surface area (Å²) < 4.78 is 10.7. The molecule has 2 fully saturated rings. The summed E-state index contributed by atoms with van der Waals surface area (Å²) in [6.07, 6.45) is 3.01. The highest BCUT2D eigenvalue weighted by Crippen LogP contribution is 2.49. The minimum absolute atomic E-state index is 0.0238. The van der Waals surface area contributed by atoms with E-state index in [4.69, 9.17) is 14.5 Å². The van der Waals surface area contributed by atoms with E-state index in [1.165, 1.54) is 7.11 Å². The van der Waals surface area contributed by atoms with Gasteiger partial charge in [0.05, 0.1) is 42.5 Å². The van der Waals surface area contributed by atoms with Gasteiger partial charge in [-0.1, -0.05) is 18.2 Å². The number of aliphatic imine (C=N–C) groups is 1. The summed E-state index contributed by atoms with van der Waals surface area (Å²) in [5.74, 6) is -0.0415. The molecule has 2 saturated heterocycles. The number of rotatable bonds is 1. The molecule has 0 radical (unpaired) electrons. The van der Waals surface area contributed by atoms with Crippen LogP contribution in [-0.2, 0) is 19.9 Å². The van der Waals surface area contributed by atoms with Crippen LogP contribution >= 0.6 is 0 Å². The van der Waals surface area contributed by atoms with Crippen molar-refractivity contribution in [1.82, 2.24) is 4.90 Å². The number of aliphatic hydroxyl groups is 1. The summed E-state index contributed by atoms with van der Waals surface area (Å²) in [5.41, 5.74) is 2.22. The van der Waals surface area contributed by atoms with E-state index < -0.39 is 5.60 Å². The molecule has 4 aliphatic rings. The number of para-hydroxylation sites is 1. The second kappa shape index (κ2) is 5.91. The molecule has 27 heavy (non-hydrogen) atoms. The van der Waals surface area contributed by atoms with Gasteiger partial charge in [0.2, 0.25) is 0 Å². The third-order valence-corrected chi connectivity index (χ3v) is 6.80. The first-order valence-corrected chi connectivity index (χ1v) is 9.62. The third-order valence-electron chi connectivity index (χ3n) is 6.80. The number of ether oxygens (including phenoxy) is 2. The lowest BCUT2D eigenvalue weighted by molar-refractivity contribution is -0.139. The number of methoxy groups -OCH3 is 1. The number of nitrogens with zero attached hydrogens (tertiary/aromatic N) is 2. The van der Waals surface area contributed by atoms with E-state index >= 15 is 0 Å². The maximum atomic E-state index is 12.3. The van der Waals surface area contributed by atoms with Crippen LogP contribution < -0.4 is 0 Å². The number of hydrogen-bond donors (Lipinski definition) is 1. The Morgan fingerprint density at radius 2 is 2.22 bits per heavy atom. The zero-order valence-corrected chi connectivity index (χ0v) is 15.6. The van der Waals surface area contributed by atoms with Gasteiger partial charge < -0.3 is 14.6 Å². The molecule has 4 aliphatic heterocycles. The van der Waals surface area contributed by atoms with Crippen molar-refractivity contribution in [3.8, 4) is 0 Å². The van der Waals surface area contributed by atoms with Gasteiger partial charge in [-0.15, -0.1) is 0 Å². The average molecular weight is 368 g/mol. The molecule has 6 nitrogen and oxygen atoms in total. The molecule has 0 amide bonds. The van der Waals surface area contributed by atoms with Crippen molar-refractivity contribution in [2.24, 2.45) is 16.8 Å². The van der Waals surface area contributed by atoms with Gasteiger partial charge in [-0.3, -0.25) is 9.89 Å². The van der Waals surface area contributed by atoms with Crippen LogP contribution in [0, 0.1) is 11.8 Å². The van der Waals surface area contributed by atoms with Gasteiger partial charge in [0, 0.05) is 30.5 Å². The predicted molar refractivity (Wildman–Crippen MR) is 99.7 cm³/mol. The number of carbonyl (C=O) groups excluding carboxylic acids is 1. The van der Waals surface area contributed by atoms with Gasteiger partial charge in [0.15, 0.2) is 0 Å². The van der Waals surface area contributed by atoms with Crippen molar-refractivity contribution in [3.05, 3.63) is 41.7 Å². The second-order valence-electron chi connectivity index (χ2n) is 8.05. The van der Waals surface area contributed by atoms with Gasteiger partial charge in [-0.2, -0.15) is 0 Å². The van der Waals surface area contributed by atoms with Crippen LogP contribution in [0.2, 0.25) is 0 Å². The van der Waals surface area contributed by atoms with Crippen LogP contribution in [0.1, 0.15) is 25.3 Å². The number of piperidine rings is 2. The normalized spacial score (nSPS) is 37.0. The molecule has 0 saturated carbocycles. The molecule has 6 heteroatoms. The van der Waals surface area contributed by atoms with Crippen molar-refractivity contribution in [2.75, 3.05) is 20.2 Å². The SMILES string of the molecule is COC(=O)C1=CO[C@@H](C)[C@@H]2CN3CC[C@@]4(O)C(=Nc5ccccc54)[C@@H]3C[C@@H]12. The van der Waals surface area contributed by atoms with Crippen LogP contribution in [-0.4, -0.2) is 54.0 Å². The maximum absolute atomic E-state index is 12.3. The van der Waals surface area contributed by atoms with Gasteiger partial charge >= 0.3 is 5.97 Å². The lowest BCUT2D eigenvalue weighted by atomic mass is 9.69. The van der Waals surface area contributed by atoms with E-state index in [-0.39, 0.29) is 30.0 Å². The fourth-order valence-corrected chi connectivity index (χ4v) is 5.34. The fourth-order valence-electron chi connectivity index (χ4n) is 5.34. The zero-order chi connectivity index (χ0) is 18.8. The zero-order valence-electron chi connectivity index (χ0n) is 15.6. The summed E-state index contributed by atoms with van der Waals surface area (Å²) >= 11 is 0. The molecular weight excluding hydrogens is 344 g/mol. The Morgan fingerprint density at radius 3 is 3.04 bits per heavy atom. The monoisotopic (exact) mass is 368 g/mol. The Morgan fingerprint density at radius 1 is 1.41 bits per heavy atom. The average Bonchev–Trinajstić information content (AvgIpc) is 3.00. The molecular formula is C21H24N2O4. The Labute approximate surface area is 158 Å². The largest absolute Gasteiger partial charge is 0.497 e. The van der Waals surface area contributed by atoms with E-state index in [2.05, 4.69) is 11.8 Å². The standard InChI is InChI=1S/C21H24N2O4/c1-12-14-10-23-8-7-21(25)16-5-3-4-6-17(16)22-19(21)18(23)9-13(14)15(11-27-12)20(24)26-2/h3-6,11-14,18,25H,7-10H2,1-2H3/t12-,13+,14-,18-,21-/m0/s1. The molecule has 142 valence electrons. The molecule has 0 unspecified atom stereocenters. The Bertz CT molecular complexity index is 863. The Hall–Kier alpha value is -2.18. The van der Waals surface area contributed by atoms with Gasteiger partial charge in [-0.25, -0.2) is 4.79 Å². The highest BCUT2D eigenvalue weighted by Gasteiger charge is 2.54. The molecule has 0 aliphatic carbocycles. The quantitative estimate of drug-likeness (QED) is 0.769. The summed E-state index contributed by atoms with van der Waals surface area (Å²) in [4.78, 5) is 19.5. The summed E-state index contributed by atoms with van der Waals surface area (Å²) in [7, 11) is 1.41. The van der Waals surface area contributed by atoms with E-state index in [9.17, 15) is 9.90 Å². The minimum atomic E-state index is -0.990. The van der Waals surface area contributed by atoms with E-state index in [0.717, 1.165) is 36.5 Å². The van der Waals surface area contributed by atoms with Crippen LogP contribution in [0.5, 0.6) is 0 Å². The molecule has 1 N–H and O–H groups in total. The smallest absolute Gasteiger partial charge is 0.337 e. The molecule has 1 aromatic carbocycles. The number of benzene rings is 1. The van der Waals surface area contributed by atoms with Crippen molar-refractivity contribution in [1.29, 1.82) is 0 Å². The number of esters is 1. The molecule has 0 aromatic heterocycles. The molecule has 4 heterocycles. The first-order valence-electron chi connectivity index (χ1n) is 9.62. The summed E-state index contributed by atoms with van der Waals surface area (Å²) in [6.45, 7) is 3.70. The lowest BCUT2D eigenvalue weighted by Crippen LogP contribution is -2.62. The Balaban J connectivity index is 1.52. The highest BCUT2D eigenvalue weighted by atomic mass is 16.5. The van der Waals surface area contributed by atoms with E-state index in [1.807, 2.05) is 24.3 Å². The van der Waals surface area contributed by atoms with Gasteiger partial charge in [0.25, 0.3) is 0 Å².